The molecule has 242 valence electrons. The van der Waals surface area contributed by atoms with Gasteiger partial charge in [0.2, 0.25) is 5.91 Å². The lowest BCUT2D eigenvalue weighted by Crippen LogP contribution is -2.37. The van der Waals surface area contributed by atoms with Gasteiger partial charge in [-0.05, 0) is 61.4 Å². The lowest BCUT2D eigenvalue weighted by molar-refractivity contribution is -0.126. The molecule has 12 nitrogen and oxygen atoms in total. The van der Waals surface area contributed by atoms with E-state index < -0.39 is 51.9 Å². The maximum absolute atomic E-state index is 14.3. The van der Waals surface area contributed by atoms with Crippen molar-refractivity contribution < 1.29 is 46.1 Å². The molecule has 6 rings (SSSR count). The van der Waals surface area contributed by atoms with E-state index in [0.717, 1.165) is 23.3 Å². The summed E-state index contributed by atoms with van der Waals surface area (Å²) in [6.45, 7) is 3.23. The lowest BCUT2D eigenvalue weighted by Gasteiger charge is -2.28. The van der Waals surface area contributed by atoms with Crippen LogP contribution >= 0.6 is 11.3 Å². The maximum atomic E-state index is 14.3. The van der Waals surface area contributed by atoms with Crippen molar-refractivity contribution in [2.75, 3.05) is 23.7 Å². The van der Waals surface area contributed by atoms with Crippen LogP contribution in [0.4, 0.5) is 10.7 Å². The van der Waals surface area contributed by atoms with Gasteiger partial charge in [0.15, 0.2) is 6.10 Å². The molecule has 2 fully saturated rings. The molecular weight excluding hydrogens is 649 g/mol. The Hall–Kier alpha value is -5.05. The van der Waals surface area contributed by atoms with E-state index >= 15 is 0 Å². The van der Waals surface area contributed by atoms with Gasteiger partial charge in [0.1, 0.15) is 26.4 Å². The molecule has 0 aliphatic carbocycles. The molecule has 3 aromatic carbocycles. The number of ether oxygens (including phenoxy) is 2. The number of benzene rings is 3. The SMILES string of the molecule is CCOC(=O)c1sc(N2C(=O)[C@H]3[C@H](ON(c4ccccc4)[C@H]3c3ccc(OS(=O)(=O)c4ccccc4)cc3)C2=O)c(C(=O)OC)c1C. The van der Waals surface area contributed by atoms with Crippen LogP contribution in [-0.4, -0.2) is 52.0 Å². The number of carbonyl (C=O) groups excluding carboxylic acids is 4. The molecule has 0 bridgehead atoms. The predicted molar refractivity (Wildman–Crippen MR) is 170 cm³/mol. The zero-order valence-electron chi connectivity index (χ0n) is 25.3. The quantitative estimate of drug-likeness (QED) is 0.136. The second-order valence-electron chi connectivity index (χ2n) is 10.5. The van der Waals surface area contributed by atoms with Crippen molar-refractivity contribution in [1.82, 2.24) is 0 Å². The fraction of sp³-hybridized carbons (Fsp3) is 0.212. The van der Waals surface area contributed by atoms with Crippen LogP contribution in [0.1, 0.15) is 44.1 Å². The number of rotatable bonds is 9. The summed E-state index contributed by atoms with van der Waals surface area (Å²) in [4.78, 5) is 61.0. The zero-order valence-corrected chi connectivity index (χ0v) is 26.9. The maximum Gasteiger partial charge on any atom is 0.348 e. The van der Waals surface area contributed by atoms with Crippen molar-refractivity contribution >= 4 is 55.9 Å². The highest BCUT2D eigenvalue weighted by atomic mass is 32.2. The number of esters is 2. The van der Waals surface area contributed by atoms with Gasteiger partial charge in [-0.15, -0.1) is 11.3 Å². The summed E-state index contributed by atoms with van der Waals surface area (Å²) in [7, 11) is -2.94. The third kappa shape index (κ3) is 5.64. The summed E-state index contributed by atoms with van der Waals surface area (Å²) >= 11 is 0.787. The first-order valence-corrected chi connectivity index (χ1v) is 16.7. The van der Waals surface area contributed by atoms with E-state index in [1.807, 2.05) is 0 Å². The van der Waals surface area contributed by atoms with Crippen LogP contribution in [0.2, 0.25) is 0 Å². The molecule has 2 saturated heterocycles. The minimum atomic E-state index is -4.10. The molecule has 2 amide bonds. The number of thiophene rings is 1. The smallest absolute Gasteiger partial charge is 0.348 e. The van der Waals surface area contributed by atoms with E-state index in [1.54, 1.807) is 67.6 Å². The second-order valence-corrected chi connectivity index (χ2v) is 13.1. The van der Waals surface area contributed by atoms with Crippen LogP contribution in [0.15, 0.2) is 89.8 Å². The minimum absolute atomic E-state index is 0.0113. The Bertz CT molecular complexity index is 1960. The van der Waals surface area contributed by atoms with Crippen LogP contribution < -0.4 is 14.1 Å². The summed E-state index contributed by atoms with van der Waals surface area (Å²) in [5.41, 5.74) is 1.21. The van der Waals surface area contributed by atoms with E-state index in [-0.39, 0.29) is 38.3 Å². The Kier molecular flexibility index (Phi) is 8.57. The Morgan fingerprint density at radius 2 is 1.53 bits per heavy atom. The molecule has 0 radical (unpaired) electrons. The lowest BCUT2D eigenvalue weighted by atomic mass is 9.90. The van der Waals surface area contributed by atoms with Gasteiger partial charge in [0.25, 0.3) is 5.91 Å². The molecule has 2 aliphatic heterocycles. The van der Waals surface area contributed by atoms with Crippen molar-refractivity contribution in [2.24, 2.45) is 5.92 Å². The molecule has 0 unspecified atom stereocenters. The number of imide groups is 1. The molecule has 4 aromatic rings. The number of hydrogen-bond acceptors (Lipinski definition) is 12. The molecule has 47 heavy (non-hydrogen) atoms. The first-order valence-electron chi connectivity index (χ1n) is 14.4. The number of anilines is 2. The number of para-hydroxylation sites is 1. The molecule has 3 heterocycles. The van der Waals surface area contributed by atoms with E-state index in [1.165, 1.54) is 36.3 Å². The number of nitrogens with zero attached hydrogens (tertiary/aromatic N) is 2. The largest absolute Gasteiger partial charge is 0.465 e. The van der Waals surface area contributed by atoms with Gasteiger partial charge in [0, 0.05) is 0 Å². The molecule has 0 spiro atoms. The van der Waals surface area contributed by atoms with Crippen molar-refractivity contribution in [3.63, 3.8) is 0 Å². The summed E-state index contributed by atoms with van der Waals surface area (Å²) < 4.78 is 41.0. The monoisotopic (exact) mass is 676 g/mol. The van der Waals surface area contributed by atoms with Crippen LogP contribution in [0, 0.1) is 12.8 Å². The fourth-order valence-electron chi connectivity index (χ4n) is 5.62. The van der Waals surface area contributed by atoms with E-state index in [0.29, 0.717) is 11.3 Å². The van der Waals surface area contributed by atoms with Gasteiger partial charge < -0.3 is 13.7 Å². The van der Waals surface area contributed by atoms with Crippen molar-refractivity contribution in [3.05, 3.63) is 106 Å². The average molecular weight is 677 g/mol. The highest BCUT2D eigenvalue weighted by molar-refractivity contribution is 7.87. The van der Waals surface area contributed by atoms with Gasteiger partial charge in [-0.25, -0.2) is 19.6 Å². The zero-order chi connectivity index (χ0) is 33.5. The number of amides is 2. The Morgan fingerprint density at radius 3 is 2.15 bits per heavy atom. The number of carbonyl (C=O) groups is 4. The topological polar surface area (TPSA) is 146 Å². The van der Waals surface area contributed by atoms with Gasteiger partial charge >= 0.3 is 22.1 Å². The molecule has 0 N–H and O–H groups in total. The summed E-state index contributed by atoms with van der Waals surface area (Å²) in [5.74, 6) is -3.95. The van der Waals surface area contributed by atoms with Crippen molar-refractivity contribution in [1.29, 1.82) is 0 Å². The normalized spacial score (nSPS) is 19.1. The Labute approximate surface area is 274 Å². The van der Waals surface area contributed by atoms with Gasteiger partial charge in [0.05, 0.1) is 31.0 Å². The fourth-order valence-corrected chi connectivity index (χ4v) is 7.78. The van der Waals surface area contributed by atoms with Crippen molar-refractivity contribution in [3.8, 4) is 5.75 Å². The van der Waals surface area contributed by atoms with Gasteiger partial charge in [-0.3, -0.25) is 14.4 Å². The first-order chi connectivity index (χ1) is 22.6. The van der Waals surface area contributed by atoms with E-state index in [2.05, 4.69) is 0 Å². The Morgan fingerprint density at radius 1 is 0.894 bits per heavy atom. The minimum Gasteiger partial charge on any atom is -0.465 e. The standard InChI is InChI=1S/C33H28N2O10S2/c1-4-43-33(39)28-19(2)24(32(38)42-3)31(46-28)34-29(36)25-26(35(44-27(25)30(34)37)21-11-7-5-8-12-21)20-15-17-22(18-16-20)45-47(40,41)23-13-9-6-10-14-23/h5-18,25-27H,4H2,1-3H3/t25-,26+,27+/m1/s1. The second kappa shape index (κ2) is 12.6. The first kappa shape index (κ1) is 31.9. The summed E-state index contributed by atoms with van der Waals surface area (Å²) in [6, 6.07) is 21.8. The van der Waals surface area contributed by atoms with Crippen LogP contribution in [0.3, 0.4) is 0 Å². The van der Waals surface area contributed by atoms with Crippen molar-refractivity contribution in [2.45, 2.75) is 30.9 Å². The summed E-state index contributed by atoms with van der Waals surface area (Å²) in [5, 5.41) is 1.41. The average Bonchev–Trinajstić information content (AvgIpc) is 3.71. The predicted octanol–water partition coefficient (Wildman–Crippen LogP) is 4.84. The van der Waals surface area contributed by atoms with Crippen LogP contribution in [0.5, 0.6) is 5.75 Å². The molecule has 3 atom stereocenters. The van der Waals surface area contributed by atoms with E-state index in [4.69, 9.17) is 18.5 Å². The molecule has 14 heteroatoms. The molecule has 0 saturated carbocycles. The molecule has 2 aliphatic rings. The third-order valence-corrected chi connectivity index (χ3v) is 10.3. The van der Waals surface area contributed by atoms with Gasteiger partial charge in [-0.2, -0.15) is 8.42 Å². The van der Waals surface area contributed by atoms with Crippen LogP contribution in [0.25, 0.3) is 0 Å². The molecular formula is C33H28N2O10S2. The Balaban J connectivity index is 1.38. The number of fused-ring (bicyclic) bond motifs is 1. The third-order valence-electron chi connectivity index (χ3n) is 7.77. The molecule has 1 aromatic heterocycles. The van der Waals surface area contributed by atoms with E-state index in [9.17, 15) is 27.6 Å². The number of methoxy groups -OCH3 is 1. The highest BCUT2D eigenvalue weighted by Gasteiger charge is 2.61. The number of hydroxylamine groups is 1. The van der Waals surface area contributed by atoms with Gasteiger partial charge in [-0.1, -0.05) is 48.5 Å². The van der Waals surface area contributed by atoms with Crippen LogP contribution in [-0.2, 0) is 34.0 Å². The number of hydrogen-bond donors (Lipinski definition) is 0. The highest BCUT2D eigenvalue weighted by Crippen LogP contribution is 2.50. The summed E-state index contributed by atoms with van der Waals surface area (Å²) in [6.07, 6.45) is -1.28.